The molecule has 1 aliphatic rings. The minimum absolute atomic E-state index is 0.0246. The van der Waals surface area contributed by atoms with Gasteiger partial charge in [-0.2, -0.15) is 0 Å². The summed E-state index contributed by atoms with van der Waals surface area (Å²) in [7, 11) is 0. The summed E-state index contributed by atoms with van der Waals surface area (Å²) < 4.78 is 5.42. The first-order valence-corrected chi connectivity index (χ1v) is 5.50. The van der Waals surface area contributed by atoms with Crippen molar-refractivity contribution in [2.24, 2.45) is 5.92 Å². The van der Waals surface area contributed by atoms with E-state index in [1.54, 1.807) is 11.0 Å². The zero-order valence-corrected chi connectivity index (χ0v) is 9.35. The van der Waals surface area contributed by atoms with Crippen LogP contribution >= 0.6 is 0 Å². The van der Waals surface area contributed by atoms with Crippen molar-refractivity contribution in [3.8, 4) is 0 Å². The van der Waals surface area contributed by atoms with E-state index < -0.39 is 0 Å². The van der Waals surface area contributed by atoms with Crippen LogP contribution in [-0.2, 0) is 11.2 Å². The molecule has 0 spiro atoms. The van der Waals surface area contributed by atoms with Crippen molar-refractivity contribution in [2.75, 3.05) is 11.4 Å². The molecule has 86 valence electrons. The molecule has 1 aliphatic heterocycles. The van der Waals surface area contributed by atoms with Crippen molar-refractivity contribution >= 4 is 11.9 Å². The topological polar surface area (TPSA) is 59.2 Å². The van der Waals surface area contributed by atoms with Gasteiger partial charge in [0.2, 0.25) is 11.8 Å². The zero-order valence-electron chi connectivity index (χ0n) is 9.35. The Bertz CT molecular complexity index is 400. The molecule has 1 aromatic heterocycles. The van der Waals surface area contributed by atoms with Crippen molar-refractivity contribution in [1.29, 1.82) is 0 Å². The third kappa shape index (κ3) is 1.98. The predicted molar refractivity (Wildman–Crippen MR) is 59.0 cm³/mol. The lowest BCUT2D eigenvalue weighted by Gasteiger charge is -2.08. The Balaban J connectivity index is 2.11. The lowest BCUT2D eigenvalue weighted by Crippen LogP contribution is -2.24. The number of amides is 1. The fraction of sp³-hybridized carbons (Fsp3) is 0.545. The maximum absolute atomic E-state index is 11.7. The van der Waals surface area contributed by atoms with Crippen LogP contribution in [0.1, 0.15) is 25.7 Å². The van der Waals surface area contributed by atoms with Gasteiger partial charge < -0.3 is 4.42 Å². The van der Waals surface area contributed by atoms with E-state index in [0.29, 0.717) is 24.9 Å². The highest BCUT2D eigenvalue weighted by atomic mass is 16.4. The second-order valence-corrected chi connectivity index (χ2v) is 3.93. The number of anilines is 1. The molecule has 0 N–H and O–H groups in total. The summed E-state index contributed by atoms with van der Waals surface area (Å²) in [6, 6.07) is 0.317. The van der Waals surface area contributed by atoms with Gasteiger partial charge in [-0.1, -0.05) is 18.1 Å². The molecule has 0 bridgehead atoms. The average molecular weight is 221 g/mol. The zero-order chi connectivity index (χ0) is 11.5. The molecule has 1 amide bonds. The average Bonchev–Trinajstić information content (AvgIpc) is 2.85. The first kappa shape index (κ1) is 10.9. The quantitative estimate of drug-likeness (QED) is 0.724. The number of rotatable bonds is 4. The highest BCUT2D eigenvalue weighted by Gasteiger charge is 2.32. The fourth-order valence-corrected chi connectivity index (χ4v) is 1.75. The fourth-order valence-electron chi connectivity index (χ4n) is 1.75. The van der Waals surface area contributed by atoms with Crippen LogP contribution in [0.4, 0.5) is 6.01 Å². The van der Waals surface area contributed by atoms with E-state index in [2.05, 4.69) is 16.8 Å². The van der Waals surface area contributed by atoms with E-state index in [1.807, 2.05) is 6.92 Å². The van der Waals surface area contributed by atoms with Gasteiger partial charge in [-0.3, -0.25) is 9.69 Å². The molecule has 0 aromatic carbocycles. The second kappa shape index (κ2) is 4.47. The lowest BCUT2D eigenvalue weighted by atomic mass is 10.1. The Labute approximate surface area is 94.1 Å². The molecule has 0 radical (unpaired) electrons. The van der Waals surface area contributed by atoms with Crippen molar-refractivity contribution in [3.63, 3.8) is 0 Å². The van der Waals surface area contributed by atoms with E-state index in [9.17, 15) is 4.79 Å². The van der Waals surface area contributed by atoms with Gasteiger partial charge >= 0.3 is 6.01 Å². The second-order valence-electron chi connectivity index (χ2n) is 3.93. The number of aromatic nitrogens is 2. The van der Waals surface area contributed by atoms with Crippen LogP contribution in [0.2, 0.25) is 0 Å². The normalized spacial score (nSPS) is 20.4. The first-order chi connectivity index (χ1) is 7.74. The monoisotopic (exact) mass is 221 g/mol. The highest BCUT2D eigenvalue weighted by molar-refractivity contribution is 5.93. The summed E-state index contributed by atoms with van der Waals surface area (Å²) in [6.07, 6.45) is 3.97. The van der Waals surface area contributed by atoms with Gasteiger partial charge in [0.15, 0.2) is 0 Å². The van der Waals surface area contributed by atoms with Gasteiger partial charge in [-0.05, 0) is 6.42 Å². The number of aryl methyl sites for hydroxylation is 1. The van der Waals surface area contributed by atoms with Crippen molar-refractivity contribution in [3.05, 3.63) is 18.5 Å². The van der Waals surface area contributed by atoms with Gasteiger partial charge in [0.05, 0.1) is 0 Å². The molecule has 1 saturated heterocycles. The standard InChI is InChI=1S/C11H15N3O2/c1-3-5-9-12-13-11(16-9)14-7-8(4-2)6-10(14)15/h4,8H,2-3,5-7H2,1H3. The molecule has 2 rings (SSSR count). The third-order valence-corrected chi connectivity index (χ3v) is 2.64. The van der Waals surface area contributed by atoms with Crippen molar-refractivity contribution < 1.29 is 9.21 Å². The summed E-state index contributed by atoms with van der Waals surface area (Å²) in [4.78, 5) is 13.2. The van der Waals surface area contributed by atoms with Crippen LogP contribution in [0.3, 0.4) is 0 Å². The maximum Gasteiger partial charge on any atom is 0.325 e. The van der Waals surface area contributed by atoms with E-state index in [0.717, 1.165) is 12.8 Å². The summed E-state index contributed by atoms with van der Waals surface area (Å²) in [5.74, 6) is 0.804. The first-order valence-electron chi connectivity index (χ1n) is 5.50. The van der Waals surface area contributed by atoms with Gasteiger partial charge in [0, 0.05) is 25.3 Å². The molecule has 5 nitrogen and oxygen atoms in total. The molecular weight excluding hydrogens is 206 g/mol. The SMILES string of the molecule is C=CC1CC(=O)N(c2nnc(CCC)o2)C1. The van der Waals surface area contributed by atoms with Crippen LogP contribution in [0.25, 0.3) is 0 Å². The van der Waals surface area contributed by atoms with Crippen LogP contribution in [0.15, 0.2) is 17.1 Å². The van der Waals surface area contributed by atoms with Crippen LogP contribution in [-0.4, -0.2) is 22.6 Å². The van der Waals surface area contributed by atoms with Gasteiger partial charge in [-0.15, -0.1) is 11.7 Å². The molecule has 16 heavy (non-hydrogen) atoms. The van der Waals surface area contributed by atoms with E-state index in [4.69, 9.17) is 4.42 Å². The van der Waals surface area contributed by atoms with E-state index in [-0.39, 0.29) is 11.8 Å². The Morgan fingerprint density at radius 3 is 3.06 bits per heavy atom. The van der Waals surface area contributed by atoms with E-state index in [1.165, 1.54) is 0 Å². The number of hydrogen-bond donors (Lipinski definition) is 0. The van der Waals surface area contributed by atoms with Gasteiger partial charge in [0.25, 0.3) is 0 Å². The Hall–Kier alpha value is -1.65. The summed E-state index contributed by atoms with van der Waals surface area (Å²) >= 11 is 0. The molecule has 1 unspecified atom stereocenters. The van der Waals surface area contributed by atoms with Crippen molar-refractivity contribution in [1.82, 2.24) is 10.2 Å². The smallest absolute Gasteiger partial charge is 0.325 e. The molecule has 0 aliphatic carbocycles. The van der Waals surface area contributed by atoms with Gasteiger partial charge in [-0.25, -0.2) is 0 Å². The molecular formula is C11H15N3O2. The highest BCUT2D eigenvalue weighted by Crippen LogP contribution is 2.24. The Morgan fingerprint density at radius 1 is 1.62 bits per heavy atom. The van der Waals surface area contributed by atoms with Crippen LogP contribution in [0.5, 0.6) is 0 Å². The molecule has 1 atom stereocenters. The Morgan fingerprint density at radius 2 is 2.44 bits per heavy atom. The summed E-state index contributed by atoms with van der Waals surface area (Å²) in [5.41, 5.74) is 0. The van der Waals surface area contributed by atoms with E-state index >= 15 is 0 Å². The minimum Gasteiger partial charge on any atom is -0.408 e. The number of carbonyl (C=O) groups is 1. The van der Waals surface area contributed by atoms with Gasteiger partial charge in [0.1, 0.15) is 0 Å². The third-order valence-electron chi connectivity index (χ3n) is 2.64. The molecule has 1 fully saturated rings. The summed E-state index contributed by atoms with van der Waals surface area (Å²) in [5, 5.41) is 7.79. The Kier molecular flexibility index (Phi) is 3.03. The van der Waals surface area contributed by atoms with Crippen LogP contribution < -0.4 is 4.90 Å². The predicted octanol–water partition coefficient (Wildman–Crippen LogP) is 1.56. The largest absolute Gasteiger partial charge is 0.408 e. The maximum atomic E-state index is 11.7. The molecule has 0 saturated carbocycles. The molecule has 2 heterocycles. The molecule has 1 aromatic rings. The lowest BCUT2D eigenvalue weighted by molar-refractivity contribution is -0.117. The summed E-state index contributed by atoms with van der Waals surface area (Å²) in [6.45, 7) is 6.33. The van der Waals surface area contributed by atoms with Crippen LogP contribution in [0, 0.1) is 5.92 Å². The number of carbonyl (C=O) groups excluding carboxylic acids is 1. The minimum atomic E-state index is 0.0246. The number of nitrogens with zero attached hydrogens (tertiary/aromatic N) is 3. The molecule has 5 heteroatoms. The number of hydrogen-bond acceptors (Lipinski definition) is 4. The van der Waals surface area contributed by atoms with Crippen molar-refractivity contribution in [2.45, 2.75) is 26.2 Å².